The highest BCUT2D eigenvalue weighted by atomic mass is 19.4. The Morgan fingerprint density at radius 1 is 1.03 bits per heavy atom. The van der Waals surface area contributed by atoms with Crippen LogP contribution < -0.4 is 4.90 Å². The zero-order valence-electron chi connectivity index (χ0n) is 16.2. The van der Waals surface area contributed by atoms with Crippen molar-refractivity contribution in [2.45, 2.75) is 50.9 Å². The Hall–Kier alpha value is -2.35. The Morgan fingerprint density at radius 3 is 2.52 bits per heavy atom. The van der Waals surface area contributed by atoms with E-state index in [-0.39, 0.29) is 0 Å². The average Bonchev–Trinajstić information content (AvgIpc) is 3.23. The normalized spacial score (nSPS) is 22.3. The Kier molecular flexibility index (Phi) is 4.24. The van der Waals surface area contributed by atoms with Gasteiger partial charge in [-0.25, -0.2) is 0 Å². The van der Waals surface area contributed by atoms with Gasteiger partial charge in [0.1, 0.15) is 5.75 Å². The maximum Gasteiger partial charge on any atom is 0.416 e. The molecule has 5 rings (SSSR count). The zero-order chi connectivity index (χ0) is 20.3. The molecule has 0 amide bonds. The summed E-state index contributed by atoms with van der Waals surface area (Å²) in [4.78, 5) is 4.89. The Labute approximate surface area is 167 Å². The molecular formula is C21H23F3N4O. The third-order valence-electron chi connectivity index (χ3n) is 6.34. The van der Waals surface area contributed by atoms with Crippen LogP contribution in [-0.4, -0.2) is 51.9 Å². The highest BCUT2D eigenvalue weighted by Gasteiger charge is 2.39. The van der Waals surface area contributed by atoms with Crippen LogP contribution in [0.25, 0.3) is 11.3 Å². The minimum Gasteiger partial charge on any atom is -0.507 e. The highest BCUT2D eigenvalue weighted by molar-refractivity contribution is 5.73. The maximum absolute atomic E-state index is 13.0. The summed E-state index contributed by atoms with van der Waals surface area (Å²) in [5.41, 5.74) is 1.24. The molecule has 1 saturated heterocycles. The molecule has 8 heteroatoms. The van der Waals surface area contributed by atoms with Gasteiger partial charge in [-0.05, 0) is 56.4 Å². The predicted octanol–water partition coefficient (Wildman–Crippen LogP) is 3.78. The first-order chi connectivity index (χ1) is 13.8. The Morgan fingerprint density at radius 2 is 1.83 bits per heavy atom. The van der Waals surface area contributed by atoms with Gasteiger partial charge in [0.2, 0.25) is 0 Å². The number of nitrogens with zero attached hydrogens (tertiary/aromatic N) is 4. The standard InChI is InChI=1S/C21H23F3N4O/c1-12-8-14(21(22,23)24)10-18(29)19(12)17-9-13-4-7-28(20(13)26-25-17)16-5-6-27(11-16)15-2-3-15/h8-10,15-16,29H,2-7,11H2,1H3/t16-/m1/s1. The fourth-order valence-electron chi connectivity index (χ4n) is 4.73. The van der Waals surface area contributed by atoms with Crippen molar-refractivity contribution >= 4 is 5.82 Å². The molecule has 2 aliphatic heterocycles. The van der Waals surface area contributed by atoms with Crippen molar-refractivity contribution in [3.8, 4) is 17.0 Å². The van der Waals surface area contributed by atoms with E-state index in [1.54, 1.807) is 6.92 Å². The van der Waals surface area contributed by atoms with E-state index in [2.05, 4.69) is 20.0 Å². The summed E-state index contributed by atoms with van der Waals surface area (Å²) in [6.07, 6.45) is 0.0712. The summed E-state index contributed by atoms with van der Waals surface area (Å²) in [7, 11) is 0. The topological polar surface area (TPSA) is 52.5 Å². The summed E-state index contributed by atoms with van der Waals surface area (Å²) in [5, 5.41) is 19.0. The minimum absolute atomic E-state index is 0.313. The van der Waals surface area contributed by atoms with Gasteiger partial charge in [0.25, 0.3) is 0 Å². The summed E-state index contributed by atoms with van der Waals surface area (Å²) < 4.78 is 39.0. The molecule has 2 aromatic rings. The van der Waals surface area contributed by atoms with Gasteiger partial charge in [0, 0.05) is 42.8 Å². The first-order valence-electron chi connectivity index (χ1n) is 10.1. The summed E-state index contributed by atoms with van der Waals surface area (Å²) in [5.74, 6) is 0.456. The summed E-state index contributed by atoms with van der Waals surface area (Å²) in [6, 6.07) is 4.88. The summed E-state index contributed by atoms with van der Waals surface area (Å²) >= 11 is 0. The second-order valence-electron chi connectivity index (χ2n) is 8.38. The predicted molar refractivity (Wildman–Crippen MR) is 103 cm³/mol. The Bertz CT molecular complexity index is 934. The van der Waals surface area contributed by atoms with Crippen LogP contribution in [0.3, 0.4) is 0 Å². The van der Waals surface area contributed by atoms with E-state index in [1.165, 1.54) is 12.8 Å². The van der Waals surface area contributed by atoms with Crippen LogP contribution in [0, 0.1) is 6.92 Å². The van der Waals surface area contributed by atoms with Crippen molar-refractivity contribution in [2.24, 2.45) is 0 Å². The molecule has 1 atom stereocenters. The molecule has 2 fully saturated rings. The van der Waals surface area contributed by atoms with Crippen LogP contribution in [0.15, 0.2) is 18.2 Å². The van der Waals surface area contributed by atoms with Gasteiger partial charge < -0.3 is 10.0 Å². The monoisotopic (exact) mass is 404 g/mol. The van der Waals surface area contributed by atoms with E-state index < -0.39 is 17.5 Å². The largest absolute Gasteiger partial charge is 0.507 e. The van der Waals surface area contributed by atoms with Gasteiger partial charge in [-0.2, -0.15) is 13.2 Å². The molecule has 1 N–H and O–H groups in total. The lowest BCUT2D eigenvalue weighted by atomic mass is 9.99. The number of rotatable bonds is 3. The molecular weight excluding hydrogens is 381 g/mol. The van der Waals surface area contributed by atoms with Gasteiger partial charge in [-0.3, -0.25) is 4.90 Å². The van der Waals surface area contributed by atoms with Gasteiger partial charge in [-0.15, -0.1) is 10.2 Å². The number of hydrogen-bond donors (Lipinski definition) is 1. The first kappa shape index (κ1) is 18.7. The third-order valence-corrected chi connectivity index (χ3v) is 6.34. The van der Waals surface area contributed by atoms with Gasteiger partial charge in [-0.1, -0.05) is 0 Å². The smallest absolute Gasteiger partial charge is 0.416 e. The highest BCUT2D eigenvalue weighted by Crippen LogP contribution is 2.40. The molecule has 1 saturated carbocycles. The van der Waals surface area contributed by atoms with Crippen molar-refractivity contribution < 1.29 is 18.3 Å². The first-order valence-corrected chi connectivity index (χ1v) is 10.1. The number of benzene rings is 1. The van der Waals surface area contributed by atoms with Crippen LogP contribution >= 0.6 is 0 Å². The van der Waals surface area contributed by atoms with Crippen LogP contribution in [0.5, 0.6) is 5.75 Å². The molecule has 1 aromatic heterocycles. The van der Waals surface area contributed by atoms with E-state index in [0.29, 0.717) is 22.9 Å². The molecule has 0 radical (unpaired) electrons. The molecule has 3 aliphatic rings. The van der Waals surface area contributed by atoms with Crippen LogP contribution in [0.2, 0.25) is 0 Å². The van der Waals surface area contributed by atoms with Gasteiger partial charge >= 0.3 is 6.18 Å². The van der Waals surface area contributed by atoms with Crippen molar-refractivity contribution in [1.82, 2.24) is 15.1 Å². The third kappa shape index (κ3) is 3.33. The van der Waals surface area contributed by atoms with E-state index in [9.17, 15) is 18.3 Å². The Balaban J connectivity index is 1.42. The zero-order valence-corrected chi connectivity index (χ0v) is 16.2. The molecule has 1 aliphatic carbocycles. The van der Waals surface area contributed by atoms with Crippen LogP contribution in [-0.2, 0) is 12.6 Å². The fourth-order valence-corrected chi connectivity index (χ4v) is 4.73. The average molecular weight is 404 g/mol. The lowest BCUT2D eigenvalue weighted by molar-refractivity contribution is -0.137. The molecule has 5 nitrogen and oxygen atoms in total. The number of alkyl halides is 3. The number of aryl methyl sites for hydroxylation is 1. The number of hydrogen-bond acceptors (Lipinski definition) is 5. The number of likely N-dealkylation sites (tertiary alicyclic amines) is 1. The number of phenolic OH excluding ortho intramolecular Hbond substituents is 1. The molecule has 0 unspecified atom stereocenters. The van der Waals surface area contributed by atoms with E-state index in [0.717, 1.165) is 62.0 Å². The lowest BCUT2D eigenvalue weighted by Crippen LogP contribution is -2.37. The quantitative estimate of drug-likeness (QED) is 0.844. The van der Waals surface area contributed by atoms with E-state index in [4.69, 9.17) is 0 Å². The molecule has 154 valence electrons. The number of aromatic nitrogens is 2. The second kappa shape index (κ2) is 6.58. The lowest BCUT2D eigenvalue weighted by Gasteiger charge is -2.26. The van der Waals surface area contributed by atoms with Gasteiger partial charge in [0.05, 0.1) is 11.3 Å². The van der Waals surface area contributed by atoms with Crippen molar-refractivity contribution in [2.75, 3.05) is 24.5 Å². The van der Waals surface area contributed by atoms with Gasteiger partial charge in [0.15, 0.2) is 5.82 Å². The van der Waals surface area contributed by atoms with E-state index >= 15 is 0 Å². The summed E-state index contributed by atoms with van der Waals surface area (Å²) in [6.45, 7) is 4.63. The molecule has 1 aromatic carbocycles. The van der Waals surface area contributed by atoms with E-state index in [1.807, 2.05) is 6.07 Å². The SMILES string of the molecule is Cc1cc(C(F)(F)F)cc(O)c1-c1cc2c(nn1)N([C@@H]1CCN(C3CC3)C1)CC2. The number of aromatic hydroxyl groups is 1. The van der Waals surface area contributed by atoms with Crippen LogP contribution in [0.1, 0.15) is 36.0 Å². The number of anilines is 1. The van der Waals surface area contributed by atoms with Crippen LogP contribution in [0.4, 0.5) is 19.0 Å². The second-order valence-corrected chi connectivity index (χ2v) is 8.38. The van der Waals surface area contributed by atoms with Crippen molar-refractivity contribution in [3.05, 3.63) is 34.9 Å². The van der Waals surface area contributed by atoms with Crippen molar-refractivity contribution in [1.29, 1.82) is 0 Å². The molecule has 3 heterocycles. The fraction of sp³-hybridized carbons (Fsp3) is 0.524. The number of halogens is 3. The van der Waals surface area contributed by atoms with Crippen molar-refractivity contribution in [3.63, 3.8) is 0 Å². The number of fused-ring (bicyclic) bond motifs is 1. The number of phenols is 1. The maximum atomic E-state index is 13.0. The molecule has 0 bridgehead atoms. The molecule has 0 spiro atoms. The minimum atomic E-state index is -4.50. The molecule has 29 heavy (non-hydrogen) atoms.